The van der Waals surface area contributed by atoms with E-state index in [0.29, 0.717) is 12.3 Å². The second-order valence-electron chi connectivity index (χ2n) is 3.46. The maximum absolute atomic E-state index is 11.2. The molecular formula is C12H16ClNO. The number of alkyl halides is 1. The number of hydrogen-bond acceptors (Lipinski definition) is 1. The molecule has 0 fully saturated rings. The van der Waals surface area contributed by atoms with Crippen LogP contribution in [0.3, 0.4) is 0 Å². The van der Waals surface area contributed by atoms with Crippen LogP contribution in [0, 0.1) is 0 Å². The van der Waals surface area contributed by atoms with Crippen LogP contribution in [0.15, 0.2) is 30.3 Å². The minimum Gasteiger partial charge on any atom is -0.352 e. The van der Waals surface area contributed by atoms with Crippen LogP contribution in [-0.4, -0.2) is 17.8 Å². The summed E-state index contributed by atoms with van der Waals surface area (Å²) in [5.41, 5.74) is 1.19. The normalized spacial score (nSPS) is 12.1. The first-order valence-corrected chi connectivity index (χ1v) is 5.69. The third kappa shape index (κ3) is 4.34. The van der Waals surface area contributed by atoms with Gasteiger partial charge in [-0.3, -0.25) is 4.79 Å². The molecular weight excluding hydrogens is 210 g/mol. The van der Waals surface area contributed by atoms with Crippen LogP contribution >= 0.6 is 11.6 Å². The molecule has 1 aromatic carbocycles. The van der Waals surface area contributed by atoms with E-state index in [1.54, 1.807) is 0 Å². The fraction of sp³-hybridized carbons (Fsp3) is 0.417. The lowest BCUT2D eigenvalue weighted by Crippen LogP contribution is -2.37. The molecule has 0 unspecified atom stereocenters. The van der Waals surface area contributed by atoms with Crippen molar-refractivity contribution < 1.29 is 4.79 Å². The van der Waals surface area contributed by atoms with Gasteiger partial charge in [-0.15, -0.1) is 11.6 Å². The third-order valence-corrected chi connectivity index (χ3v) is 2.57. The summed E-state index contributed by atoms with van der Waals surface area (Å²) in [6.45, 7) is 1.84. The molecule has 0 bridgehead atoms. The zero-order chi connectivity index (χ0) is 11.1. The summed E-state index contributed by atoms with van der Waals surface area (Å²) in [7, 11) is 0. The van der Waals surface area contributed by atoms with Gasteiger partial charge in [-0.1, -0.05) is 37.3 Å². The number of nitrogens with one attached hydrogen (secondary N) is 1. The zero-order valence-corrected chi connectivity index (χ0v) is 9.63. The highest BCUT2D eigenvalue weighted by Gasteiger charge is 2.10. The molecule has 0 spiro atoms. The van der Waals surface area contributed by atoms with Crippen molar-refractivity contribution in [3.8, 4) is 0 Å². The number of hydrogen-bond donors (Lipinski definition) is 1. The van der Waals surface area contributed by atoms with Gasteiger partial charge in [0.2, 0.25) is 5.91 Å². The molecule has 0 aliphatic heterocycles. The van der Waals surface area contributed by atoms with Crippen LogP contribution in [0.4, 0.5) is 0 Å². The van der Waals surface area contributed by atoms with Crippen molar-refractivity contribution in [2.24, 2.45) is 0 Å². The van der Waals surface area contributed by atoms with Gasteiger partial charge in [0.1, 0.15) is 0 Å². The highest BCUT2D eigenvalue weighted by molar-refractivity contribution is 6.18. The van der Waals surface area contributed by atoms with Crippen molar-refractivity contribution in [3.05, 3.63) is 35.9 Å². The Morgan fingerprint density at radius 3 is 2.60 bits per heavy atom. The van der Waals surface area contributed by atoms with E-state index < -0.39 is 0 Å². The SMILES string of the molecule is CCC(=O)N[C@H](CCl)Cc1ccccc1. The predicted octanol–water partition coefficient (Wildman–Crippen LogP) is 2.36. The van der Waals surface area contributed by atoms with Crippen molar-refractivity contribution in [2.45, 2.75) is 25.8 Å². The summed E-state index contributed by atoms with van der Waals surface area (Å²) in [5, 5.41) is 2.89. The summed E-state index contributed by atoms with van der Waals surface area (Å²) in [6, 6.07) is 10.1. The Hall–Kier alpha value is -1.02. The summed E-state index contributed by atoms with van der Waals surface area (Å²) in [4.78, 5) is 11.2. The van der Waals surface area contributed by atoms with Crippen molar-refractivity contribution in [2.75, 3.05) is 5.88 Å². The van der Waals surface area contributed by atoms with Gasteiger partial charge in [0, 0.05) is 18.3 Å². The number of carbonyl (C=O) groups excluding carboxylic acids is 1. The average Bonchev–Trinajstić information content (AvgIpc) is 2.29. The van der Waals surface area contributed by atoms with Crippen LogP contribution in [0.2, 0.25) is 0 Å². The largest absolute Gasteiger partial charge is 0.352 e. The highest BCUT2D eigenvalue weighted by Crippen LogP contribution is 2.04. The van der Waals surface area contributed by atoms with Gasteiger partial charge in [0.15, 0.2) is 0 Å². The first kappa shape index (κ1) is 12.1. The minimum atomic E-state index is 0.0292. The molecule has 0 radical (unpaired) electrons. The van der Waals surface area contributed by atoms with E-state index >= 15 is 0 Å². The Labute approximate surface area is 95.6 Å². The molecule has 0 aliphatic rings. The topological polar surface area (TPSA) is 29.1 Å². The summed E-state index contributed by atoms with van der Waals surface area (Å²) in [6.07, 6.45) is 1.29. The molecule has 0 heterocycles. The van der Waals surface area contributed by atoms with Gasteiger partial charge in [-0.2, -0.15) is 0 Å². The van der Waals surface area contributed by atoms with E-state index in [1.807, 2.05) is 37.3 Å². The molecule has 82 valence electrons. The molecule has 2 nitrogen and oxygen atoms in total. The van der Waals surface area contributed by atoms with E-state index in [4.69, 9.17) is 11.6 Å². The van der Waals surface area contributed by atoms with Gasteiger partial charge in [-0.05, 0) is 12.0 Å². The number of benzene rings is 1. The zero-order valence-electron chi connectivity index (χ0n) is 8.87. The monoisotopic (exact) mass is 225 g/mol. The first-order chi connectivity index (χ1) is 7.26. The second-order valence-corrected chi connectivity index (χ2v) is 3.77. The van der Waals surface area contributed by atoms with E-state index in [0.717, 1.165) is 6.42 Å². The fourth-order valence-corrected chi connectivity index (χ4v) is 1.56. The Kier molecular flexibility index (Phi) is 5.19. The Balaban J connectivity index is 2.50. The molecule has 0 saturated heterocycles. The number of rotatable bonds is 5. The molecule has 1 amide bonds. The predicted molar refractivity (Wildman–Crippen MR) is 63.1 cm³/mol. The van der Waals surface area contributed by atoms with Crippen molar-refractivity contribution in [1.29, 1.82) is 0 Å². The summed E-state index contributed by atoms with van der Waals surface area (Å²) in [5.74, 6) is 0.497. The number of halogens is 1. The Bertz CT molecular complexity index is 300. The third-order valence-electron chi connectivity index (χ3n) is 2.20. The van der Waals surface area contributed by atoms with Crippen LogP contribution in [0.5, 0.6) is 0 Å². The molecule has 0 aromatic heterocycles. The minimum absolute atomic E-state index is 0.0292. The van der Waals surface area contributed by atoms with Gasteiger partial charge in [0.05, 0.1) is 0 Å². The molecule has 1 rings (SSSR count). The molecule has 0 saturated carbocycles. The summed E-state index contributed by atoms with van der Waals surface area (Å²) >= 11 is 5.80. The molecule has 1 aromatic rings. The molecule has 0 aliphatic carbocycles. The van der Waals surface area contributed by atoms with Gasteiger partial charge in [0.25, 0.3) is 0 Å². The summed E-state index contributed by atoms with van der Waals surface area (Å²) < 4.78 is 0. The van der Waals surface area contributed by atoms with Crippen LogP contribution in [0.25, 0.3) is 0 Å². The van der Waals surface area contributed by atoms with Crippen molar-refractivity contribution in [1.82, 2.24) is 5.32 Å². The number of amides is 1. The number of carbonyl (C=O) groups is 1. The lowest BCUT2D eigenvalue weighted by Gasteiger charge is -2.15. The highest BCUT2D eigenvalue weighted by atomic mass is 35.5. The maximum Gasteiger partial charge on any atom is 0.219 e. The van der Waals surface area contributed by atoms with Crippen LogP contribution in [-0.2, 0) is 11.2 Å². The Morgan fingerprint density at radius 2 is 2.07 bits per heavy atom. The average molecular weight is 226 g/mol. The van der Waals surface area contributed by atoms with Crippen LogP contribution in [0.1, 0.15) is 18.9 Å². The molecule has 1 N–H and O–H groups in total. The van der Waals surface area contributed by atoms with E-state index in [9.17, 15) is 4.79 Å². The van der Waals surface area contributed by atoms with Crippen molar-refractivity contribution >= 4 is 17.5 Å². The molecule has 3 heteroatoms. The quantitative estimate of drug-likeness (QED) is 0.766. The van der Waals surface area contributed by atoms with E-state index in [1.165, 1.54) is 5.56 Å². The molecule has 1 atom stereocenters. The Morgan fingerprint density at radius 1 is 1.40 bits per heavy atom. The second kappa shape index (κ2) is 6.46. The lowest BCUT2D eigenvalue weighted by molar-refractivity contribution is -0.121. The smallest absolute Gasteiger partial charge is 0.219 e. The van der Waals surface area contributed by atoms with E-state index in [-0.39, 0.29) is 11.9 Å². The van der Waals surface area contributed by atoms with Crippen LogP contribution < -0.4 is 5.32 Å². The van der Waals surface area contributed by atoms with Crippen molar-refractivity contribution in [3.63, 3.8) is 0 Å². The first-order valence-electron chi connectivity index (χ1n) is 5.15. The maximum atomic E-state index is 11.2. The van der Waals surface area contributed by atoms with Gasteiger partial charge in [-0.25, -0.2) is 0 Å². The van der Waals surface area contributed by atoms with Gasteiger partial charge < -0.3 is 5.32 Å². The van der Waals surface area contributed by atoms with Gasteiger partial charge >= 0.3 is 0 Å². The fourth-order valence-electron chi connectivity index (χ4n) is 1.37. The lowest BCUT2D eigenvalue weighted by atomic mass is 10.1. The molecule has 15 heavy (non-hydrogen) atoms. The van der Waals surface area contributed by atoms with E-state index in [2.05, 4.69) is 5.32 Å². The standard InChI is InChI=1S/C12H16ClNO/c1-2-12(15)14-11(9-13)8-10-6-4-3-5-7-10/h3-7,11H,2,8-9H2,1H3,(H,14,15)/t11-/m0/s1.